The lowest BCUT2D eigenvalue weighted by Crippen LogP contribution is -2.16. The van der Waals surface area contributed by atoms with E-state index in [9.17, 15) is 4.79 Å². The van der Waals surface area contributed by atoms with Gasteiger partial charge < -0.3 is 5.11 Å². The van der Waals surface area contributed by atoms with Gasteiger partial charge in [-0.1, -0.05) is 20.8 Å². The standard InChI is InChI=1S/C8H16O2S/c1-4-7(8(9)10)11-5-6(2)3/h6-7H,4-5H2,1-3H3,(H,9,10). The molecular formula is C8H16O2S. The van der Waals surface area contributed by atoms with Gasteiger partial charge in [0.1, 0.15) is 5.25 Å². The Hall–Kier alpha value is -0.180. The van der Waals surface area contributed by atoms with Crippen LogP contribution in [0.5, 0.6) is 0 Å². The molecule has 0 aliphatic heterocycles. The fourth-order valence-corrected chi connectivity index (χ4v) is 1.67. The van der Waals surface area contributed by atoms with Gasteiger partial charge in [-0.15, -0.1) is 11.8 Å². The van der Waals surface area contributed by atoms with Gasteiger partial charge in [-0.2, -0.15) is 0 Å². The van der Waals surface area contributed by atoms with Crippen LogP contribution in [0, 0.1) is 5.92 Å². The number of rotatable bonds is 5. The van der Waals surface area contributed by atoms with E-state index in [-0.39, 0.29) is 5.25 Å². The van der Waals surface area contributed by atoms with Crippen LogP contribution in [-0.2, 0) is 4.79 Å². The maximum Gasteiger partial charge on any atom is 0.316 e. The van der Waals surface area contributed by atoms with E-state index in [1.807, 2.05) is 6.92 Å². The second-order valence-electron chi connectivity index (χ2n) is 2.96. The van der Waals surface area contributed by atoms with Crippen LogP contribution >= 0.6 is 11.8 Å². The number of thioether (sulfide) groups is 1. The summed E-state index contributed by atoms with van der Waals surface area (Å²) in [4.78, 5) is 10.5. The highest BCUT2D eigenvalue weighted by atomic mass is 32.2. The fraction of sp³-hybridized carbons (Fsp3) is 0.875. The maximum absolute atomic E-state index is 10.5. The van der Waals surface area contributed by atoms with Crippen molar-refractivity contribution in [2.45, 2.75) is 32.4 Å². The first-order valence-electron chi connectivity index (χ1n) is 3.92. The van der Waals surface area contributed by atoms with Crippen molar-refractivity contribution < 1.29 is 9.90 Å². The van der Waals surface area contributed by atoms with Crippen LogP contribution < -0.4 is 0 Å². The minimum absolute atomic E-state index is 0.211. The topological polar surface area (TPSA) is 37.3 Å². The summed E-state index contributed by atoms with van der Waals surface area (Å²) in [5, 5.41) is 8.45. The summed E-state index contributed by atoms with van der Waals surface area (Å²) in [6.07, 6.45) is 0.715. The highest BCUT2D eigenvalue weighted by molar-refractivity contribution is 8.00. The predicted molar refractivity (Wildman–Crippen MR) is 49.0 cm³/mol. The van der Waals surface area contributed by atoms with Crippen LogP contribution in [0.2, 0.25) is 0 Å². The zero-order chi connectivity index (χ0) is 8.85. The van der Waals surface area contributed by atoms with E-state index in [1.165, 1.54) is 11.8 Å². The Morgan fingerprint density at radius 1 is 1.55 bits per heavy atom. The van der Waals surface area contributed by atoms with E-state index in [0.717, 1.165) is 5.75 Å². The average Bonchev–Trinajstić information content (AvgIpc) is 1.87. The van der Waals surface area contributed by atoms with Gasteiger partial charge in [-0.3, -0.25) is 4.79 Å². The molecule has 66 valence electrons. The first-order valence-corrected chi connectivity index (χ1v) is 4.97. The number of carboxylic acids is 1. The number of aliphatic carboxylic acids is 1. The molecule has 3 heteroatoms. The molecule has 0 aromatic rings. The van der Waals surface area contributed by atoms with Crippen molar-refractivity contribution in [3.8, 4) is 0 Å². The van der Waals surface area contributed by atoms with Gasteiger partial charge in [0.2, 0.25) is 0 Å². The van der Waals surface area contributed by atoms with Gasteiger partial charge >= 0.3 is 5.97 Å². The Labute approximate surface area is 72.4 Å². The lowest BCUT2D eigenvalue weighted by atomic mass is 10.3. The molecule has 11 heavy (non-hydrogen) atoms. The van der Waals surface area contributed by atoms with E-state index in [1.54, 1.807) is 0 Å². The Morgan fingerprint density at radius 2 is 2.09 bits per heavy atom. The molecule has 0 heterocycles. The molecule has 1 unspecified atom stereocenters. The number of carboxylic acid groups (broad SMARTS) is 1. The second kappa shape index (κ2) is 5.47. The summed E-state index contributed by atoms with van der Waals surface area (Å²) >= 11 is 1.54. The van der Waals surface area contributed by atoms with Crippen molar-refractivity contribution in [1.82, 2.24) is 0 Å². The summed E-state index contributed by atoms with van der Waals surface area (Å²) in [7, 11) is 0. The molecule has 0 aromatic heterocycles. The summed E-state index contributed by atoms with van der Waals surface area (Å²) in [5.41, 5.74) is 0. The maximum atomic E-state index is 10.5. The monoisotopic (exact) mass is 176 g/mol. The molecule has 0 rings (SSSR count). The first-order chi connectivity index (χ1) is 5.07. The number of carbonyl (C=O) groups is 1. The van der Waals surface area contributed by atoms with Gasteiger partial charge in [-0.05, 0) is 18.1 Å². The summed E-state index contributed by atoms with van der Waals surface area (Å²) in [6, 6.07) is 0. The number of hydrogen-bond acceptors (Lipinski definition) is 2. The van der Waals surface area contributed by atoms with Crippen molar-refractivity contribution >= 4 is 17.7 Å². The normalized spacial score (nSPS) is 13.5. The Bertz CT molecular complexity index is 123. The van der Waals surface area contributed by atoms with Crippen molar-refractivity contribution in [2.75, 3.05) is 5.75 Å². The molecule has 0 aromatic carbocycles. The fourth-order valence-electron chi connectivity index (χ4n) is 0.672. The van der Waals surface area contributed by atoms with Crippen molar-refractivity contribution in [2.24, 2.45) is 5.92 Å². The summed E-state index contributed by atoms with van der Waals surface area (Å²) in [5.74, 6) is 0.830. The van der Waals surface area contributed by atoms with Gasteiger partial charge in [0, 0.05) is 0 Å². The molecule has 0 saturated heterocycles. The van der Waals surface area contributed by atoms with Crippen LogP contribution in [0.4, 0.5) is 0 Å². The Morgan fingerprint density at radius 3 is 2.36 bits per heavy atom. The highest BCUT2D eigenvalue weighted by Gasteiger charge is 2.15. The van der Waals surface area contributed by atoms with E-state index < -0.39 is 5.97 Å². The van der Waals surface area contributed by atoms with E-state index in [4.69, 9.17) is 5.11 Å². The van der Waals surface area contributed by atoms with Crippen LogP contribution in [0.3, 0.4) is 0 Å². The lowest BCUT2D eigenvalue weighted by molar-refractivity contribution is -0.136. The van der Waals surface area contributed by atoms with Crippen molar-refractivity contribution in [3.05, 3.63) is 0 Å². The summed E-state index contributed by atoms with van der Waals surface area (Å²) in [6.45, 7) is 6.11. The average molecular weight is 176 g/mol. The van der Waals surface area contributed by atoms with Crippen LogP contribution in [0.1, 0.15) is 27.2 Å². The molecule has 0 aliphatic rings. The molecule has 2 nitrogen and oxygen atoms in total. The minimum atomic E-state index is -0.682. The lowest BCUT2D eigenvalue weighted by Gasteiger charge is -2.10. The number of hydrogen-bond donors (Lipinski definition) is 1. The van der Waals surface area contributed by atoms with Gasteiger partial charge in [0.05, 0.1) is 0 Å². The third-order valence-corrected chi connectivity index (χ3v) is 3.07. The first kappa shape index (κ1) is 10.8. The zero-order valence-corrected chi connectivity index (χ0v) is 8.15. The SMILES string of the molecule is CCC(SCC(C)C)C(=O)O. The Balaban J connectivity index is 3.61. The van der Waals surface area contributed by atoms with Gasteiger partial charge in [0.25, 0.3) is 0 Å². The van der Waals surface area contributed by atoms with Gasteiger partial charge in [0.15, 0.2) is 0 Å². The molecular weight excluding hydrogens is 160 g/mol. The molecule has 0 amide bonds. The van der Waals surface area contributed by atoms with Crippen LogP contribution in [0.15, 0.2) is 0 Å². The van der Waals surface area contributed by atoms with Crippen LogP contribution in [0.25, 0.3) is 0 Å². The molecule has 0 bridgehead atoms. The largest absolute Gasteiger partial charge is 0.480 e. The molecule has 0 saturated carbocycles. The van der Waals surface area contributed by atoms with Crippen LogP contribution in [-0.4, -0.2) is 22.1 Å². The zero-order valence-electron chi connectivity index (χ0n) is 7.33. The molecule has 1 N–H and O–H groups in total. The highest BCUT2D eigenvalue weighted by Crippen LogP contribution is 2.17. The smallest absolute Gasteiger partial charge is 0.316 e. The minimum Gasteiger partial charge on any atom is -0.480 e. The molecule has 0 radical (unpaired) electrons. The third kappa shape index (κ3) is 5.13. The summed E-state index contributed by atoms with van der Waals surface area (Å²) < 4.78 is 0. The molecule has 1 atom stereocenters. The quantitative estimate of drug-likeness (QED) is 0.698. The predicted octanol–water partition coefficient (Wildman–Crippen LogP) is 2.24. The Kier molecular flexibility index (Phi) is 5.38. The van der Waals surface area contributed by atoms with Crippen molar-refractivity contribution in [1.29, 1.82) is 0 Å². The van der Waals surface area contributed by atoms with Gasteiger partial charge in [-0.25, -0.2) is 0 Å². The third-order valence-electron chi connectivity index (χ3n) is 1.28. The second-order valence-corrected chi connectivity index (χ2v) is 4.20. The molecule has 0 spiro atoms. The van der Waals surface area contributed by atoms with Crippen molar-refractivity contribution in [3.63, 3.8) is 0 Å². The van der Waals surface area contributed by atoms with E-state index in [0.29, 0.717) is 12.3 Å². The molecule has 0 aliphatic carbocycles. The molecule has 0 fully saturated rings. The van der Waals surface area contributed by atoms with E-state index >= 15 is 0 Å². The van der Waals surface area contributed by atoms with E-state index in [2.05, 4.69) is 13.8 Å².